The number of rotatable bonds is 2. The maximum atomic E-state index is 11.6. The fourth-order valence-electron chi connectivity index (χ4n) is 1.10. The highest BCUT2D eigenvalue weighted by Crippen LogP contribution is 2.11. The predicted octanol–water partition coefficient (Wildman–Crippen LogP) is 2.42. The first-order valence-corrected chi connectivity index (χ1v) is 5.11. The quantitative estimate of drug-likeness (QED) is 0.877. The molecule has 0 bridgehead atoms. The molecule has 76 valence electrons. The van der Waals surface area contributed by atoms with Gasteiger partial charge >= 0.3 is 0 Å². The van der Waals surface area contributed by atoms with Gasteiger partial charge in [-0.05, 0) is 34.1 Å². The summed E-state index contributed by atoms with van der Waals surface area (Å²) in [4.78, 5) is 18.4. The van der Waals surface area contributed by atoms with E-state index in [1.54, 1.807) is 30.7 Å². The summed E-state index contributed by atoms with van der Waals surface area (Å²) in [5.74, 6) is 0.357. The number of carbonyl (C=O) groups excluding carboxylic acids is 1. The molecule has 5 heteroatoms. The molecular formula is C10H8BrN3O. The van der Waals surface area contributed by atoms with Gasteiger partial charge < -0.3 is 10.3 Å². The van der Waals surface area contributed by atoms with Crippen molar-refractivity contribution in [3.05, 3.63) is 46.8 Å². The molecule has 15 heavy (non-hydrogen) atoms. The number of hydrogen-bond donors (Lipinski definition) is 2. The van der Waals surface area contributed by atoms with Crippen molar-refractivity contribution in [2.75, 3.05) is 5.32 Å². The fraction of sp³-hybridized carbons (Fsp3) is 0. The van der Waals surface area contributed by atoms with E-state index in [0.29, 0.717) is 11.4 Å². The Morgan fingerprint density at radius 2 is 2.27 bits per heavy atom. The molecular weight excluding hydrogens is 258 g/mol. The Balaban J connectivity index is 2.09. The van der Waals surface area contributed by atoms with Crippen molar-refractivity contribution in [2.45, 2.75) is 0 Å². The van der Waals surface area contributed by atoms with Gasteiger partial charge in [-0.2, -0.15) is 0 Å². The lowest BCUT2D eigenvalue weighted by atomic mass is 10.3. The Morgan fingerprint density at radius 3 is 2.87 bits per heavy atom. The van der Waals surface area contributed by atoms with Crippen LogP contribution in [-0.2, 0) is 0 Å². The standard InChI is InChI=1S/C10H8BrN3O/c11-8-1-2-9(13-6-8)14-10(15)7-3-4-12-5-7/h1-6,12H,(H,13,14,15). The molecule has 2 heterocycles. The number of hydrogen-bond acceptors (Lipinski definition) is 2. The van der Waals surface area contributed by atoms with E-state index < -0.39 is 0 Å². The van der Waals surface area contributed by atoms with E-state index in [4.69, 9.17) is 0 Å². The van der Waals surface area contributed by atoms with Gasteiger partial charge in [-0.15, -0.1) is 0 Å². The molecule has 0 spiro atoms. The number of nitrogens with zero attached hydrogens (tertiary/aromatic N) is 1. The van der Waals surface area contributed by atoms with Gasteiger partial charge in [0.25, 0.3) is 5.91 Å². The van der Waals surface area contributed by atoms with Crippen LogP contribution in [-0.4, -0.2) is 15.9 Å². The minimum absolute atomic E-state index is 0.175. The van der Waals surface area contributed by atoms with E-state index in [9.17, 15) is 4.79 Å². The number of carbonyl (C=O) groups is 1. The summed E-state index contributed by atoms with van der Waals surface area (Å²) < 4.78 is 0.877. The molecule has 0 aliphatic carbocycles. The van der Waals surface area contributed by atoms with Gasteiger partial charge in [-0.3, -0.25) is 4.79 Å². The van der Waals surface area contributed by atoms with Gasteiger partial charge in [0.1, 0.15) is 5.82 Å². The van der Waals surface area contributed by atoms with Crippen molar-refractivity contribution >= 4 is 27.7 Å². The molecule has 0 radical (unpaired) electrons. The number of anilines is 1. The lowest BCUT2D eigenvalue weighted by Gasteiger charge is -2.01. The van der Waals surface area contributed by atoms with Crippen molar-refractivity contribution in [3.8, 4) is 0 Å². The Bertz CT molecular complexity index is 450. The van der Waals surface area contributed by atoms with Crippen molar-refractivity contribution in [3.63, 3.8) is 0 Å². The summed E-state index contributed by atoms with van der Waals surface area (Å²) in [7, 11) is 0. The molecule has 2 aromatic rings. The monoisotopic (exact) mass is 265 g/mol. The second-order valence-corrected chi connectivity index (χ2v) is 3.83. The number of nitrogens with one attached hydrogen (secondary N) is 2. The average molecular weight is 266 g/mol. The summed E-state index contributed by atoms with van der Waals surface area (Å²) in [5.41, 5.74) is 0.583. The van der Waals surface area contributed by atoms with Crippen LogP contribution < -0.4 is 5.32 Å². The van der Waals surface area contributed by atoms with Crippen molar-refractivity contribution in [1.82, 2.24) is 9.97 Å². The van der Waals surface area contributed by atoms with E-state index in [1.165, 1.54) is 0 Å². The molecule has 0 saturated carbocycles. The van der Waals surface area contributed by atoms with E-state index in [0.717, 1.165) is 4.47 Å². The Morgan fingerprint density at radius 1 is 1.40 bits per heavy atom. The third kappa shape index (κ3) is 2.44. The van der Waals surface area contributed by atoms with Gasteiger partial charge in [0.05, 0.1) is 5.56 Å². The largest absolute Gasteiger partial charge is 0.367 e. The summed E-state index contributed by atoms with van der Waals surface area (Å²) >= 11 is 3.27. The lowest BCUT2D eigenvalue weighted by molar-refractivity contribution is 0.102. The normalized spacial score (nSPS) is 9.93. The molecule has 0 atom stereocenters. The van der Waals surface area contributed by atoms with Gasteiger partial charge in [0.2, 0.25) is 0 Å². The second-order valence-electron chi connectivity index (χ2n) is 2.92. The van der Waals surface area contributed by atoms with Crippen LogP contribution in [0.4, 0.5) is 5.82 Å². The zero-order valence-electron chi connectivity index (χ0n) is 7.70. The third-order valence-corrected chi connectivity index (χ3v) is 2.30. The maximum absolute atomic E-state index is 11.6. The molecule has 2 rings (SSSR count). The SMILES string of the molecule is O=C(Nc1ccc(Br)cn1)c1cc[nH]c1. The number of H-pyrrole nitrogens is 1. The molecule has 1 amide bonds. The van der Waals surface area contributed by atoms with Crippen LogP contribution in [0.2, 0.25) is 0 Å². The highest BCUT2D eigenvalue weighted by Gasteiger charge is 2.05. The molecule has 0 unspecified atom stereocenters. The van der Waals surface area contributed by atoms with Gasteiger partial charge in [0, 0.05) is 23.1 Å². The highest BCUT2D eigenvalue weighted by atomic mass is 79.9. The highest BCUT2D eigenvalue weighted by molar-refractivity contribution is 9.10. The van der Waals surface area contributed by atoms with Crippen LogP contribution in [0.25, 0.3) is 0 Å². The first-order chi connectivity index (χ1) is 7.25. The van der Waals surface area contributed by atoms with Gasteiger partial charge in [0.15, 0.2) is 0 Å². The Kier molecular flexibility index (Phi) is 2.82. The molecule has 0 saturated heterocycles. The zero-order valence-corrected chi connectivity index (χ0v) is 9.28. The van der Waals surface area contributed by atoms with Crippen LogP contribution in [0.5, 0.6) is 0 Å². The molecule has 0 fully saturated rings. The van der Waals surface area contributed by atoms with Gasteiger partial charge in [-0.1, -0.05) is 0 Å². The molecule has 0 aliphatic heterocycles. The molecule has 2 aromatic heterocycles. The van der Waals surface area contributed by atoms with Crippen LogP contribution >= 0.6 is 15.9 Å². The van der Waals surface area contributed by atoms with Crippen molar-refractivity contribution in [1.29, 1.82) is 0 Å². The minimum Gasteiger partial charge on any atom is -0.367 e. The van der Waals surface area contributed by atoms with E-state index in [2.05, 4.69) is 31.2 Å². The summed E-state index contributed by atoms with van der Waals surface area (Å²) in [5, 5.41) is 2.68. The van der Waals surface area contributed by atoms with Gasteiger partial charge in [-0.25, -0.2) is 4.98 Å². The second kappa shape index (κ2) is 4.27. The van der Waals surface area contributed by atoms with E-state index in [-0.39, 0.29) is 5.91 Å². The van der Waals surface area contributed by atoms with Crippen LogP contribution in [0.15, 0.2) is 41.3 Å². The van der Waals surface area contributed by atoms with Crippen molar-refractivity contribution in [2.24, 2.45) is 0 Å². The summed E-state index contributed by atoms with van der Waals surface area (Å²) in [6, 6.07) is 5.25. The zero-order chi connectivity index (χ0) is 10.7. The minimum atomic E-state index is -0.175. The maximum Gasteiger partial charge on any atom is 0.258 e. The molecule has 2 N–H and O–H groups in total. The number of amides is 1. The number of halogens is 1. The van der Waals surface area contributed by atoms with E-state index >= 15 is 0 Å². The predicted molar refractivity (Wildman–Crippen MR) is 60.7 cm³/mol. The first kappa shape index (κ1) is 9.92. The van der Waals surface area contributed by atoms with Crippen molar-refractivity contribution < 1.29 is 4.79 Å². The summed E-state index contributed by atoms with van der Waals surface area (Å²) in [6.07, 6.45) is 4.96. The smallest absolute Gasteiger partial charge is 0.258 e. The molecule has 4 nitrogen and oxygen atoms in total. The molecule has 0 aromatic carbocycles. The number of pyridine rings is 1. The Hall–Kier alpha value is -1.62. The average Bonchev–Trinajstić information content (AvgIpc) is 2.74. The third-order valence-electron chi connectivity index (χ3n) is 1.83. The number of aromatic amines is 1. The fourth-order valence-corrected chi connectivity index (χ4v) is 1.34. The number of aromatic nitrogens is 2. The summed E-state index contributed by atoms with van der Waals surface area (Å²) in [6.45, 7) is 0. The topological polar surface area (TPSA) is 57.8 Å². The van der Waals surface area contributed by atoms with Crippen LogP contribution in [0, 0.1) is 0 Å². The Labute approximate surface area is 94.9 Å². The lowest BCUT2D eigenvalue weighted by Crippen LogP contribution is -2.11. The van der Waals surface area contributed by atoms with Crippen LogP contribution in [0.3, 0.4) is 0 Å². The van der Waals surface area contributed by atoms with Crippen LogP contribution in [0.1, 0.15) is 10.4 Å². The molecule has 0 aliphatic rings. The van der Waals surface area contributed by atoms with E-state index in [1.807, 2.05) is 6.07 Å². The first-order valence-electron chi connectivity index (χ1n) is 4.31.